The normalized spacial score (nSPS) is 14.4. The predicted molar refractivity (Wildman–Crippen MR) is 83.9 cm³/mol. The molecule has 0 bridgehead atoms. The van der Waals surface area contributed by atoms with Crippen LogP contribution in [0.25, 0.3) is 0 Å². The van der Waals surface area contributed by atoms with E-state index < -0.39 is 6.04 Å². The number of halogens is 1. The van der Waals surface area contributed by atoms with Crippen LogP contribution in [-0.2, 0) is 9.59 Å². The van der Waals surface area contributed by atoms with Gasteiger partial charge in [-0.3, -0.25) is 9.59 Å². The topological polar surface area (TPSA) is 93.5 Å². The van der Waals surface area contributed by atoms with Gasteiger partial charge in [-0.05, 0) is 24.5 Å². The summed E-state index contributed by atoms with van der Waals surface area (Å²) >= 11 is 0. The summed E-state index contributed by atoms with van der Waals surface area (Å²) in [6, 6.07) is 4.53. The Morgan fingerprint density at radius 3 is 2.86 bits per heavy atom. The third kappa shape index (κ3) is 4.61. The van der Waals surface area contributed by atoms with Crippen molar-refractivity contribution in [2.24, 2.45) is 11.7 Å². The minimum atomic E-state index is -0.536. The first-order valence-corrected chi connectivity index (χ1v) is 6.59. The fourth-order valence-corrected chi connectivity index (χ4v) is 2.00. The zero-order valence-electron chi connectivity index (χ0n) is 12.0. The van der Waals surface area contributed by atoms with Gasteiger partial charge in [0, 0.05) is 11.8 Å². The SMILES string of the molecule is CC(C)C[C@H](N)C(=O)Nc1ccc2c(c1)OCC(=O)N2.Cl. The number of fused-ring (bicyclic) bond motifs is 1. The molecule has 1 atom stereocenters. The van der Waals surface area contributed by atoms with Crippen LogP contribution in [0.4, 0.5) is 11.4 Å². The fourth-order valence-electron chi connectivity index (χ4n) is 2.00. The van der Waals surface area contributed by atoms with Crippen molar-refractivity contribution in [1.82, 2.24) is 0 Å². The van der Waals surface area contributed by atoms with Gasteiger partial charge in [0.15, 0.2) is 6.61 Å². The Balaban J connectivity index is 0.00000220. The summed E-state index contributed by atoms with van der Waals surface area (Å²) < 4.78 is 5.29. The highest BCUT2D eigenvalue weighted by atomic mass is 35.5. The third-order valence-electron chi connectivity index (χ3n) is 2.94. The van der Waals surface area contributed by atoms with Gasteiger partial charge < -0.3 is 21.1 Å². The van der Waals surface area contributed by atoms with E-state index in [0.717, 1.165) is 0 Å². The maximum Gasteiger partial charge on any atom is 0.262 e. The number of amides is 2. The standard InChI is InChI=1S/C14H19N3O3.ClH/c1-8(2)5-10(15)14(19)16-9-3-4-11-12(6-9)20-7-13(18)17-11;/h3-4,6,8,10H,5,7,15H2,1-2H3,(H,16,19)(H,17,18);1H/t10-;/m0./s1. The van der Waals surface area contributed by atoms with Gasteiger partial charge in [-0.2, -0.15) is 0 Å². The first kappa shape index (κ1) is 17.3. The largest absolute Gasteiger partial charge is 0.482 e. The number of hydrogen-bond donors (Lipinski definition) is 3. The smallest absolute Gasteiger partial charge is 0.262 e. The lowest BCUT2D eigenvalue weighted by Crippen LogP contribution is -2.36. The molecule has 116 valence electrons. The lowest BCUT2D eigenvalue weighted by Gasteiger charge is -2.19. The molecule has 1 aromatic carbocycles. The highest BCUT2D eigenvalue weighted by Gasteiger charge is 2.18. The van der Waals surface area contributed by atoms with Crippen LogP contribution in [0, 0.1) is 5.92 Å². The van der Waals surface area contributed by atoms with Crippen molar-refractivity contribution >= 4 is 35.6 Å². The van der Waals surface area contributed by atoms with Crippen LogP contribution in [-0.4, -0.2) is 24.5 Å². The Bertz CT molecular complexity index is 534. The molecule has 0 saturated carbocycles. The van der Waals surface area contributed by atoms with Crippen LogP contribution in [0.2, 0.25) is 0 Å². The van der Waals surface area contributed by atoms with E-state index in [4.69, 9.17) is 10.5 Å². The van der Waals surface area contributed by atoms with Crippen LogP contribution in [0.5, 0.6) is 5.75 Å². The summed E-state index contributed by atoms with van der Waals surface area (Å²) in [5.41, 5.74) is 7.03. The summed E-state index contributed by atoms with van der Waals surface area (Å²) in [5, 5.41) is 5.44. The quantitative estimate of drug-likeness (QED) is 0.789. The van der Waals surface area contributed by atoms with E-state index in [1.54, 1.807) is 18.2 Å². The molecule has 0 saturated heterocycles. The number of carbonyl (C=O) groups is 2. The number of nitrogens with two attached hydrogens (primary N) is 1. The molecule has 1 aromatic rings. The lowest BCUT2D eigenvalue weighted by molar-refractivity contribution is -0.119. The molecule has 2 rings (SSSR count). The van der Waals surface area contributed by atoms with Crippen molar-refractivity contribution in [2.75, 3.05) is 17.2 Å². The van der Waals surface area contributed by atoms with Crippen molar-refractivity contribution in [3.63, 3.8) is 0 Å². The summed E-state index contributed by atoms with van der Waals surface area (Å²) in [4.78, 5) is 23.1. The molecule has 0 spiro atoms. The van der Waals surface area contributed by atoms with Gasteiger partial charge in [-0.1, -0.05) is 13.8 Å². The minimum Gasteiger partial charge on any atom is -0.482 e. The number of benzene rings is 1. The van der Waals surface area contributed by atoms with E-state index in [1.165, 1.54) is 0 Å². The third-order valence-corrected chi connectivity index (χ3v) is 2.94. The number of carbonyl (C=O) groups excluding carboxylic acids is 2. The first-order valence-electron chi connectivity index (χ1n) is 6.59. The van der Waals surface area contributed by atoms with Crippen LogP contribution in [0.3, 0.4) is 0 Å². The monoisotopic (exact) mass is 313 g/mol. The fraction of sp³-hybridized carbons (Fsp3) is 0.429. The van der Waals surface area contributed by atoms with Crippen molar-refractivity contribution < 1.29 is 14.3 Å². The maximum atomic E-state index is 11.9. The summed E-state index contributed by atoms with van der Waals surface area (Å²) in [6.45, 7) is 4.02. The molecule has 0 aromatic heterocycles. The van der Waals surface area contributed by atoms with Gasteiger partial charge in [0.25, 0.3) is 5.91 Å². The molecule has 1 aliphatic rings. The second-order valence-electron chi connectivity index (χ2n) is 5.27. The molecule has 0 unspecified atom stereocenters. The van der Waals surface area contributed by atoms with Gasteiger partial charge in [0.2, 0.25) is 5.91 Å². The van der Waals surface area contributed by atoms with Crippen LogP contribution in [0.1, 0.15) is 20.3 Å². The highest BCUT2D eigenvalue weighted by molar-refractivity contribution is 5.98. The molecule has 1 aliphatic heterocycles. The molecule has 0 radical (unpaired) electrons. The number of ether oxygens (including phenoxy) is 1. The minimum absolute atomic E-state index is 0. The Morgan fingerprint density at radius 2 is 2.19 bits per heavy atom. The van der Waals surface area contributed by atoms with Gasteiger partial charge in [0.1, 0.15) is 5.75 Å². The van der Waals surface area contributed by atoms with Crippen molar-refractivity contribution in [3.05, 3.63) is 18.2 Å². The average Bonchev–Trinajstić information content (AvgIpc) is 2.38. The zero-order valence-corrected chi connectivity index (χ0v) is 12.8. The van der Waals surface area contributed by atoms with E-state index in [-0.39, 0.29) is 30.8 Å². The summed E-state index contributed by atoms with van der Waals surface area (Å²) in [5.74, 6) is 0.490. The van der Waals surface area contributed by atoms with Crippen molar-refractivity contribution in [3.8, 4) is 5.75 Å². The number of rotatable bonds is 4. The van der Waals surface area contributed by atoms with Gasteiger partial charge in [0.05, 0.1) is 11.7 Å². The number of anilines is 2. The van der Waals surface area contributed by atoms with Crippen molar-refractivity contribution in [1.29, 1.82) is 0 Å². The Kier molecular flexibility index (Phi) is 5.99. The molecular weight excluding hydrogens is 294 g/mol. The molecule has 21 heavy (non-hydrogen) atoms. The maximum absolute atomic E-state index is 11.9. The van der Waals surface area contributed by atoms with E-state index in [1.807, 2.05) is 13.8 Å². The molecule has 2 amide bonds. The molecule has 7 heteroatoms. The molecular formula is C14H20ClN3O3. The average molecular weight is 314 g/mol. The molecule has 6 nitrogen and oxygen atoms in total. The van der Waals surface area contributed by atoms with Gasteiger partial charge in [-0.15, -0.1) is 12.4 Å². The first-order chi connectivity index (χ1) is 9.45. The van der Waals surface area contributed by atoms with Crippen LogP contribution < -0.4 is 21.1 Å². The Morgan fingerprint density at radius 1 is 1.48 bits per heavy atom. The lowest BCUT2D eigenvalue weighted by atomic mass is 10.0. The number of nitrogens with one attached hydrogen (secondary N) is 2. The molecule has 0 fully saturated rings. The predicted octanol–water partition coefficient (Wildman–Crippen LogP) is 1.75. The van der Waals surface area contributed by atoms with E-state index in [9.17, 15) is 9.59 Å². The number of hydrogen-bond acceptors (Lipinski definition) is 4. The summed E-state index contributed by atoms with van der Waals surface area (Å²) in [7, 11) is 0. The Labute approximate surface area is 129 Å². The Hall–Kier alpha value is -1.79. The van der Waals surface area contributed by atoms with Crippen LogP contribution in [0.15, 0.2) is 18.2 Å². The second-order valence-corrected chi connectivity index (χ2v) is 5.27. The molecule has 0 aliphatic carbocycles. The highest BCUT2D eigenvalue weighted by Crippen LogP contribution is 2.30. The van der Waals surface area contributed by atoms with E-state index in [0.29, 0.717) is 29.5 Å². The van der Waals surface area contributed by atoms with E-state index in [2.05, 4.69) is 10.6 Å². The van der Waals surface area contributed by atoms with Crippen LogP contribution >= 0.6 is 12.4 Å². The second kappa shape index (κ2) is 7.28. The van der Waals surface area contributed by atoms with E-state index >= 15 is 0 Å². The van der Waals surface area contributed by atoms with Gasteiger partial charge >= 0.3 is 0 Å². The zero-order chi connectivity index (χ0) is 14.7. The molecule has 1 heterocycles. The van der Waals surface area contributed by atoms with Gasteiger partial charge in [-0.25, -0.2) is 0 Å². The molecule has 4 N–H and O–H groups in total. The summed E-state index contributed by atoms with van der Waals surface area (Å²) in [6.07, 6.45) is 0.628. The van der Waals surface area contributed by atoms with Crippen molar-refractivity contribution in [2.45, 2.75) is 26.3 Å².